The third kappa shape index (κ3) is 1.54. The molecule has 1 spiro atoms. The van der Waals surface area contributed by atoms with Crippen LogP contribution in [0.25, 0.3) is 0 Å². The lowest BCUT2D eigenvalue weighted by Gasteiger charge is -2.58. The van der Waals surface area contributed by atoms with Gasteiger partial charge in [0.05, 0.1) is 6.61 Å². The van der Waals surface area contributed by atoms with Gasteiger partial charge in [-0.1, -0.05) is 13.8 Å². The molecular weight excluding hydrogens is 244 g/mol. The fourth-order valence-electron chi connectivity index (χ4n) is 4.88. The molecule has 0 aromatic rings. The first-order chi connectivity index (χ1) is 9.05. The second-order valence-corrected chi connectivity index (χ2v) is 7.22. The van der Waals surface area contributed by atoms with E-state index in [1.807, 2.05) is 6.92 Å². The lowest BCUT2D eigenvalue weighted by atomic mass is 9.58. The fraction of sp³-hybridized carbons (Fsp3) is 1.00. The minimum Gasteiger partial charge on any atom is -0.349 e. The first-order valence-corrected chi connectivity index (χ1v) is 7.71. The van der Waals surface area contributed by atoms with Gasteiger partial charge in [-0.15, -0.1) is 0 Å². The van der Waals surface area contributed by atoms with E-state index < -0.39 is 5.79 Å². The van der Waals surface area contributed by atoms with Crippen LogP contribution in [-0.2, 0) is 19.2 Å². The van der Waals surface area contributed by atoms with Crippen molar-refractivity contribution in [2.45, 2.75) is 64.1 Å². The fourth-order valence-corrected chi connectivity index (χ4v) is 4.88. The molecule has 0 N–H and O–H groups in total. The molecule has 1 aliphatic carbocycles. The van der Waals surface area contributed by atoms with Crippen LogP contribution in [0.4, 0.5) is 0 Å². The highest BCUT2D eigenvalue weighted by molar-refractivity contribution is 5.08. The molecule has 0 radical (unpaired) electrons. The molecule has 19 heavy (non-hydrogen) atoms. The third-order valence-electron chi connectivity index (χ3n) is 5.97. The molecule has 5 rings (SSSR count). The monoisotopic (exact) mass is 268 g/mol. The van der Waals surface area contributed by atoms with E-state index in [1.165, 1.54) is 12.8 Å². The van der Waals surface area contributed by atoms with Crippen molar-refractivity contribution in [2.75, 3.05) is 6.61 Å². The number of hydrogen-bond donors (Lipinski definition) is 0. The van der Waals surface area contributed by atoms with Crippen LogP contribution in [0.2, 0.25) is 0 Å². The molecule has 1 saturated carbocycles. The molecule has 5 aliphatic rings. The second kappa shape index (κ2) is 3.94. The number of fused-ring (bicyclic) bond motifs is 2. The molecule has 4 aliphatic heterocycles. The minimum absolute atomic E-state index is 0.248. The summed E-state index contributed by atoms with van der Waals surface area (Å²) >= 11 is 0. The Kier molecular flexibility index (Phi) is 2.61. The molecule has 0 aromatic heterocycles. The zero-order chi connectivity index (χ0) is 13.3. The highest BCUT2D eigenvalue weighted by Gasteiger charge is 2.67. The van der Waals surface area contributed by atoms with Gasteiger partial charge in [0.1, 0.15) is 0 Å². The van der Waals surface area contributed by atoms with Crippen LogP contribution in [0.5, 0.6) is 0 Å². The maximum atomic E-state index is 6.16. The largest absolute Gasteiger partial charge is 0.349 e. The Morgan fingerprint density at radius 1 is 0.947 bits per heavy atom. The standard InChI is InChI=1S/C15H24O4/c1-9-4-5-11-10(2)8-16-13-15(11)12(9)6-7-14(3,17-13)18-19-15/h9-13H,4-8H2,1-3H3/t9-,10+,11?,12+,13-,14+,15?/m1/s1. The average Bonchev–Trinajstić information content (AvgIpc) is 2.61. The van der Waals surface area contributed by atoms with Gasteiger partial charge < -0.3 is 9.47 Å². The molecule has 4 saturated heterocycles. The minimum atomic E-state index is -0.627. The molecule has 108 valence electrons. The lowest BCUT2D eigenvalue weighted by molar-refractivity contribution is -0.566. The highest BCUT2D eigenvalue weighted by Crippen LogP contribution is 2.59. The Morgan fingerprint density at radius 2 is 1.74 bits per heavy atom. The van der Waals surface area contributed by atoms with Crippen LogP contribution in [0, 0.1) is 23.7 Å². The van der Waals surface area contributed by atoms with Gasteiger partial charge in [-0.3, -0.25) is 0 Å². The summed E-state index contributed by atoms with van der Waals surface area (Å²) in [4.78, 5) is 11.7. The number of hydrogen-bond acceptors (Lipinski definition) is 4. The quantitative estimate of drug-likeness (QED) is 0.633. The molecule has 4 heterocycles. The molecule has 4 nitrogen and oxygen atoms in total. The van der Waals surface area contributed by atoms with Gasteiger partial charge in [-0.2, -0.15) is 0 Å². The van der Waals surface area contributed by atoms with Crippen molar-refractivity contribution in [3.63, 3.8) is 0 Å². The van der Waals surface area contributed by atoms with Gasteiger partial charge in [0.2, 0.25) is 5.79 Å². The Bertz CT molecular complexity index is 386. The van der Waals surface area contributed by atoms with Gasteiger partial charge in [0.15, 0.2) is 11.9 Å². The van der Waals surface area contributed by atoms with E-state index in [4.69, 9.17) is 19.2 Å². The summed E-state index contributed by atoms with van der Waals surface area (Å²) in [6.07, 6.45) is 4.24. The van der Waals surface area contributed by atoms with Crippen LogP contribution in [0.15, 0.2) is 0 Å². The van der Waals surface area contributed by atoms with Crippen molar-refractivity contribution in [1.29, 1.82) is 0 Å². The lowest BCUT2D eigenvalue weighted by Crippen LogP contribution is -2.68. The van der Waals surface area contributed by atoms with Crippen molar-refractivity contribution >= 4 is 0 Å². The van der Waals surface area contributed by atoms with Crippen LogP contribution in [0.1, 0.15) is 46.5 Å². The Labute approximate surface area is 114 Å². The van der Waals surface area contributed by atoms with Crippen molar-refractivity contribution in [3.8, 4) is 0 Å². The molecule has 2 bridgehead atoms. The summed E-state index contributed by atoms with van der Waals surface area (Å²) in [6, 6.07) is 0. The van der Waals surface area contributed by atoms with Crippen molar-refractivity contribution in [2.24, 2.45) is 23.7 Å². The van der Waals surface area contributed by atoms with E-state index >= 15 is 0 Å². The highest BCUT2D eigenvalue weighted by atomic mass is 17.3. The summed E-state index contributed by atoms with van der Waals surface area (Å²) in [5.41, 5.74) is -0.370. The number of ether oxygens (including phenoxy) is 2. The van der Waals surface area contributed by atoms with E-state index in [1.54, 1.807) is 0 Å². The molecule has 7 atom stereocenters. The predicted octanol–water partition coefficient (Wildman–Crippen LogP) is 2.87. The second-order valence-electron chi connectivity index (χ2n) is 7.22. The van der Waals surface area contributed by atoms with E-state index in [0.29, 0.717) is 23.7 Å². The Balaban J connectivity index is 1.81. The molecule has 0 amide bonds. The number of rotatable bonds is 0. The molecular formula is C15H24O4. The van der Waals surface area contributed by atoms with Gasteiger partial charge in [0, 0.05) is 12.3 Å². The Morgan fingerprint density at radius 3 is 2.58 bits per heavy atom. The van der Waals surface area contributed by atoms with E-state index in [9.17, 15) is 0 Å². The summed E-state index contributed by atoms with van der Waals surface area (Å²) in [5, 5.41) is 0. The van der Waals surface area contributed by atoms with Crippen LogP contribution in [-0.4, -0.2) is 24.3 Å². The van der Waals surface area contributed by atoms with Crippen molar-refractivity contribution < 1.29 is 19.2 Å². The van der Waals surface area contributed by atoms with Crippen LogP contribution >= 0.6 is 0 Å². The van der Waals surface area contributed by atoms with Crippen LogP contribution in [0.3, 0.4) is 0 Å². The summed E-state index contributed by atoms with van der Waals surface area (Å²) < 4.78 is 12.2. The summed E-state index contributed by atoms with van der Waals surface area (Å²) in [7, 11) is 0. The van der Waals surface area contributed by atoms with Crippen LogP contribution < -0.4 is 0 Å². The van der Waals surface area contributed by atoms with Gasteiger partial charge in [-0.25, -0.2) is 9.78 Å². The molecule has 2 unspecified atom stereocenters. The average molecular weight is 268 g/mol. The smallest absolute Gasteiger partial charge is 0.201 e. The summed E-state index contributed by atoms with van der Waals surface area (Å²) in [6.45, 7) is 7.36. The van der Waals surface area contributed by atoms with Crippen molar-refractivity contribution in [3.05, 3.63) is 0 Å². The molecule has 0 aromatic carbocycles. The van der Waals surface area contributed by atoms with Crippen molar-refractivity contribution in [1.82, 2.24) is 0 Å². The predicted molar refractivity (Wildman–Crippen MR) is 67.9 cm³/mol. The molecule has 4 heteroatoms. The Hall–Kier alpha value is -0.160. The molecule has 5 fully saturated rings. The zero-order valence-electron chi connectivity index (χ0n) is 12.1. The first-order valence-electron chi connectivity index (χ1n) is 7.71. The van der Waals surface area contributed by atoms with E-state index in [-0.39, 0.29) is 11.9 Å². The maximum absolute atomic E-state index is 6.16. The zero-order valence-corrected chi connectivity index (χ0v) is 12.1. The SMILES string of the molecule is C[C@@H]1CCC2[C@@H](C)CO[C@@H]3O[C@]4(C)CC[C@@H]1C23OO4. The summed E-state index contributed by atoms with van der Waals surface area (Å²) in [5.74, 6) is 1.53. The van der Waals surface area contributed by atoms with Gasteiger partial charge in [0.25, 0.3) is 0 Å². The van der Waals surface area contributed by atoms with E-state index in [0.717, 1.165) is 19.4 Å². The van der Waals surface area contributed by atoms with E-state index in [2.05, 4.69) is 13.8 Å². The normalized spacial score (nSPS) is 60.5. The maximum Gasteiger partial charge on any atom is 0.201 e. The van der Waals surface area contributed by atoms with Gasteiger partial charge in [-0.05, 0) is 43.9 Å². The third-order valence-corrected chi connectivity index (χ3v) is 5.97. The topological polar surface area (TPSA) is 36.9 Å². The van der Waals surface area contributed by atoms with Gasteiger partial charge >= 0.3 is 0 Å². The first kappa shape index (κ1) is 12.6.